The molecule has 4 nitrogen and oxygen atoms in total. The molecule has 0 saturated carbocycles. The van der Waals surface area contributed by atoms with E-state index in [-0.39, 0.29) is 5.91 Å². The van der Waals surface area contributed by atoms with Crippen LogP contribution in [-0.4, -0.2) is 31.0 Å². The number of hydrogen-bond acceptors (Lipinski definition) is 5. The first kappa shape index (κ1) is 20.0. The highest BCUT2D eigenvalue weighted by Crippen LogP contribution is 2.37. The van der Waals surface area contributed by atoms with E-state index in [0.717, 1.165) is 36.1 Å². The van der Waals surface area contributed by atoms with Crippen molar-refractivity contribution in [3.63, 3.8) is 0 Å². The number of rotatable bonds is 7. The van der Waals surface area contributed by atoms with Crippen LogP contribution in [0.2, 0.25) is 0 Å². The Hall–Kier alpha value is -1.79. The minimum Gasteiger partial charge on any atom is -0.465 e. The van der Waals surface area contributed by atoms with Crippen LogP contribution in [0, 0.1) is 0 Å². The summed E-state index contributed by atoms with van der Waals surface area (Å²) in [6.45, 7) is 0. The van der Waals surface area contributed by atoms with Crippen LogP contribution < -0.4 is 5.32 Å². The highest BCUT2D eigenvalue weighted by molar-refractivity contribution is 7.98. The van der Waals surface area contributed by atoms with Gasteiger partial charge in [0, 0.05) is 17.4 Å². The molecule has 0 saturated heterocycles. The molecular weight excluding hydrogens is 378 g/mol. The number of thiophene rings is 1. The minimum atomic E-state index is -0.414. The summed E-state index contributed by atoms with van der Waals surface area (Å²) in [6.07, 6.45) is 7.96. The number of carbonyl (C=O) groups is 2. The van der Waals surface area contributed by atoms with Gasteiger partial charge in [-0.05, 0) is 60.8 Å². The molecule has 27 heavy (non-hydrogen) atoms. The second-order valence-corrected chi connectivity index (χ2v) is 8.55. The first-order valence-electron chi connectivity index (χ1n) is 9.24. The zero-order valence-corrected chi connectivity index (χ0v) is 17.4. The second-order valence-electron chi connectivity index (χ2n) is 6.68. The van der Waals surface area contributed by atoms with E-state index in [1.54, 1.807) is 11.8 Å². The Morgan fingerprint density at radius 2 is 2.00 bits per heavy atom. The number of thioether (sulfide) groups is 1. The first-order chi connectivity index (χ1) is 13.1. The van der Waals surface area contributed by atoms with E-state index in [1.807, 2.05) is 11.6 Å². The lowest BCUT2D eigenvalue weighted by Gasteiger charge is -2.16. The summed E-state index contributed by atoms with van der Waals surface area (Å²) in [5.74, 6) is 0.471. The molecule has 0 radical (unpaired) electrons. The van der Waals surface area contributed by atoms with Crippen LogP contribution in [0.3, 0.4) is 0 Å². The summed E-state index contributed by atoms with van der Waals surface area (Å²) >= 11 is 3.10. The second kappa shape index (κ2) is 9.42. The average Bonchev–Trinajstić information content (AvgIpc) is 3.10. The largest absolute Gasteiger partial charge is 0.465 e. The zero-order valence-electron chi connectivity index (χ0n) is 15.8. The molecule has 1 aromatic heterocycles. The molecule has 2 aromatic rings. The molecule has 144 valence electrons. The molecule has 0 spiro atoms. The monoisotopic (exact) mass is 403 g/mol. The Labute approximate surface area is 168 Å². The summed E-state index contributed by atoms with van der Waals surface area (Å²) in [6, 6.07) is 6.43. The van der Waals surface area contributed by atoms with Crippen LogP contribution >= 0.6 is 23.1 Å². The lowest BCUT2D eigenvalue weighted by molar-refractivity contribution is -0.116. The third-order valence-corrected chi connectivity index (χ3v) is 6.44. The highest BCUT2D eigenvalue weighted by atomic mass is 32.2. The van der Waals surface area contributed by atoms with Crippen LogP contribution in [-0.2, 0) is 22.4 Å². The van der Waals surface area contributed by atoms with E-state index in [0.29, 0.717) is 17.0 Å². The number of carbonyl (C=O) groups excluding carboxylic acids is 2. The smallest absolute Gasteiger partial charge is 0.341 e. The molecule has 0 bridgehead atoms. The Kier molecular flexibility index (Phi) is 6.96. The van der Waals surface area contributed by atoms with Gasteiger partial charge < -0.3 is 10.1 Å². The molecular formula is C21H25NO3S2. The lowest BCUT2D eigenvalue weighted by Crippen LogP contribution is -2.14. The van der Waals surface area contributed by atoms with Gasteiger partial charge in [-0.2, -0.15) is 11.8 Å². The number of fused-ring (bicyclic) bond motifs is 1. The van der Waals surface area contributed by atoms with Crippen molar-refractivity contribution in [1.82, 2.24) is 0 Å². The molecule has 1 aliphatic carbocycles. The average molecular weight is 404 g/mol. The third kappa shape index (κ3) is 4.74. The molecule has 0 unspecified atom stereocenters. The van der Waals surface area contributed by atoms with E-state index < -0.39 is 5.97 Å². The normalized spacial score (nSPS) is 13.1. The van der Waals surface area contributed by atoms with Crippen molar-refractivity contribution in [3.05, 3.63) is 40.3 Å². The predicted molar refractivity (Wildman–Crippen MR) is 114 cm³/mol. The molecule has 1 heterocycles. The first-order valence-corrected chi connectivity index (χ1v) is 11.5. The molecule has 1 aromatic carbocycles. The molecule has 1 amide bonds. The zero-order chi connectivity index (χ0) is 19.2. The summed E-state index contributed by atoms with van der Waals surface area (Å²) in [4.78, 5) is 24.7. The minimum absolute atomic E-state index is 0.0620. The highest BCUT2D eigenvalue weighted by Gasteiger charge is 2.23. The molecule has 6 heteroatoms. The van der Waals surface area contributed by atoms with Crippen LogP contribution in [0.5, 0.6) is 0 Å². The van der Waals surface area contributed by atoms with Crippen molar-refractivity contribution in [3.8, 4) is 11.1 Å². The quantitative estimate of drug-likeness (QED) is 0.512. The SMILES string of the molecule is COC(=O)c1c(-c2ccc3c(c2)CCCC3)csc1NC(=O)CCCSC. The van der Waals surface area contributed by atoms with E-state index in [9.17, 15) is 9.59 Å². The summed E-state index contributed by atoms with van der Waals surface area (Å²) in [7, 11) is 1.38. The van der Waals surface area contributed by atoms with Gasteiger partial charge in [0.1, 0.15) is 10.6 Å². The maximum Gasteiger partial charge on any atom is 0.341 e. The maximum absolute atomic E-state index is 12.4. The molecule has 0 aliphatic heterocycles. The number of hydrogen-bond donors (Lipinski definition) is 1. The standard InChI is InChI=1S/C21H25NO3S2/c1-25-21(24)19-17(13-27-20(19)22-18(23)8-5-11-26-2)16-10-9-14-6-3-4-7-15(14)12-16/h9-10,12-13H,3-8,11H2,1-2H3,(H,22,23). The number of amides is 1. The Balaban J connectivity index is 1.88. The van der Waals surface area contributed by atoms with Gasteiger partial charge in [0.25, 0.3) is 0 Å². The van der Waals surface area contributed by atoms with Gasteiger partial charge in [-0.3, -0.25) is 4.79 Å². The van der Waals surface area contributed by atoms with Gasteiger partial charge in [-0.25, -0.2) is 4.79 Å². The van der Waals surface area contributed by atoms with Gasteiger partial charge in [0.15, 0.2) is 0 Å². The maximum atomic E-state index is 12.4. The van der Waals surface area contributed by atoms with Gasteiger partial charge in [0.2, 0.25) is 5.91 Å². The fourth-order valence-electron chi connectivity index (χ4n) is 3.43. The van der Waals surface area contributed by atoms with E-state index >= 15 is 0 Å². The van der Waals surface area contributed by atoms with Crippen molar-refractivity contribution in [1.29, 1.82) is 0 Å². The number of nitrogens with one attached hydrogen (secondary N) is 1. The van der Waals surface area contributed by atoms with E-state index in [2.05, 4.69) is 23.5 Å². The fourth-order valence-corrected chi connectivity index (χ4v) is 4.84. The molecule has 3 rings (SSSR count). The fraction of sp³-hybridized carbons (Fsp3) is 0.429. The third-order valence-electron chi connectivity index (χ3n) is 4.85. The van der Waals surface area contributed by atoms with Crippen molar-refractivity contribution in [2.75, 3.05) is 24.4 Å². The molecule has 0 atom stereocenters. The number of esters is 1. The van der Waals surface area contributed by atoms with Crippen molar-refractivity contribution >= 4 is 40.0 Å². The van der Waals surface area contributed by atoms with Crippen molar-refractivity contribution in [2.45, 2.75) is 38.5 Å². The predicted octanol–water partition coefficient (Wildman–Crippen LogP) is 5.16. The van der Waals surface area contributed by atoms with Gasteiger partial charge in [-0.1, -0.05) is 18.2 Å². The number of ether oxygens (including phenoxy) is 1. The number of methoxy groups -OCH3 is 1. The number of anilines is 1. The van der Waals surface area contributed by atoms with Gasteiger partial charge >= 0.3 is 5.97 Å². The molecule has 1 N–H and O–H groups in total. The summed E-state index contributed by atoms with van der Waals surface area (Å²) in [5.41, 5.74) is 5.07. The van der Waals surface area contributed by atoms with Crippen molar-refractivity contribution in [2.24, 2.45) is 0 Å². The van der Waals surface area contributed by atoms with Crippen LogP contribution in [0.1, 0.15) is 47.2 Å². The van der Waals surface area contributed by atoms with Gasteiger partial charge in [-0.15, -0.1) is 11.3 Å². The van der Waals surface area contributed by atoms with E-state index in [4.69, 9.17) is 4.74 Å². The number of aryl methyl sites for hydroxylation is 2. The van der Waals surface area contributed by atoms with Gasteiger partial charge in [0.05, 0.1) is 7.11 Å². The van der Waals surface area contributed by atoms with E-state index in [1.165, 1.54) is 42.4 Å². The van der Waals surface area contributed by atoms with Crippen molar-refractivity contribution < 1.29 is 14.3 Å². The lowest BCUT2D eigenvalue weighted by atomic mass is 9.89. The Bertz CT molecular complexity index is 829. The Morgan fingerprint density at radius 3 is 2.74 bits per heavy atom. The topological polar surface area (TPSA) is 55.4 Å². The molecule has 1 aliphatic rings. The Morgan fingerprint density at radius 1 is 1.22 bits per heavy atom. The summed E-state index contributed by atoms with van der Waals surface area (Å²) < 4.78 is 5.00. The summed E-state index contributed by atoms with van der Waals surface area (Å²) in [5, 5.41) is 5.42. The van der Waals surface area contributed by atoms with Crippen LogP contribution in [0.4, 0.5) is 5.00 Å². The molecule has 0 fully saturated rings. The van der Waals surface area contributed by atoms with Crippen LogP contribution in [0.15, 0.2) is 23.6 Å². The van der Waals surface area contributed by atoms with Crippen LogP contribution in [0.25, 0.3) is 11.1 Å². The number of benzene rings is 1.